The molecule has 7 nitrogen and oxygen atoms in total. The van der Waals surface area contributed by atoms with E-state index < -0.39 is 23.8 Å². The molecule has 0 spiro atoms. The minimum Gasteiger partial charge on any atom is -0.472 e. The molecule has 158 valence electrons. The molecule has 1 aliphatic rings. The first-order valence-corrected chi connectivity index (χ1v) is 9.26. The standard InChI is InChI=1S/C20H18F3N3O4/c1-29-19(28)16-3-2-5-26(16)17(27)8-14-10-25-9-13(12-4-6-30-11-12)7-15(18(25)24-14)20(21,22)23/h4,6-7,9-11,16H,2-3,5,8H2,1H3. The number of furan rings is 1. The zero-order valence-electron chi connectivity index (χ0n) is 16.0. The Morgan fingerprint density at radius 3 is 2.77 bits per heavy atom. The number of carbonyl (C=O) groups excluding carboxylic acids is 2. The Bertz CT molecular complexity index is 1090. The van der Waals surface area contributed by atoms with E-state index in [1.807, 2.05) is 0 Å². The maximum absolute atomic E-state index is 13.6. The molecule has 1 amide bonds. The highest BCUT2D eigenvalue weighted by atomic mass is 19.4. The van der Waals surface area contributed by atoms with Crippen LogP contribution in [0.1, 0.15) is 24.1 Å². The summed E-state index contributed by atoms with van der Waals surface area (Å²) in [6.07, 6.45) is 1.94. The van der Waals surface area contributed by atoms with Crippen LogP contribution < -0.4 is 0 Å². The van der Waals surface area contributed by atoms with Crippen LogP contribution in [0.25, 0.3) is 16.8 Å². The first-order valence-electron chi connectivity index (χ1n) is 9.26. The quantitative estimate of drug-likeness (QED) is 0.604. The van der Waals surface area contributed by atoms with Crippen molar-refractivity contribution in [2.45, 2.75) is 31.5 Å². The van der Waals surface area contributed by atoms with Gasteiger partial charge in [-0.15, -0.1) is 0 Å². The smallest absolute Gasteiger partial charge is 0.420 e. The highest BCUT2D eigenvalue weighted by Gasteiger charge is 2.36. The minimum absolute atomic E-state index is 0.186. The number of nitrogens with zero attached hydrogens (tertiary/aromatic N) is 3. The maximum Gasteiger partial charge on any atom is 0.420 e. The number of likely N-dealkylation sites (tertiary alicyclic amines) is 1. The summed E-state index contributed by atoms with van der Waals surface area (Å²) in [5.41, 5.74) is -0.210. The lowest BCUT2D eigenvalue weighted by molar-refractivity contribution is -0.150. The van der Waals surface area contributed by atoms with Crippen LogP contribution in [0, 0.1) is 0 Å². The van der Waals surface area contributed by atoms with Crippen LogP contribution in [-0.2, 0) is 26.9 Å². The number of esters is 1. The second-order valence-electron chi connectivity index (χ2n) is 7.06. The Morgan fingerprint density at radius 1 is 1.30 bits per heavy atom. The normalized spacial score (nSPS) is 16.9. The molecular weight excluding hydrogens is 403 g/mol. The lowest BCUT2D eigenvalue weighted by Gasteiger charge is -2.22. The fourth-order valence-electron chi connectivity index (χ4n) is 3.73. The molecule has 1 aliphatic heterocycles. The van der Waals surface area contributed by atoms with E-state index >= 15 is 0 Å². The van der Waals surface area contributed by atoms with Gasteiger partial charge in [0.1, 0.15) is 11.7 Å². The van der Waals surface area contributed by atoms with Gasteiger partial charge in [0.25, 0.3) is 0 Å². The van der Waals surface area contributed by atoms with E-state index in [4.69, 9.17) is 9.15 Å². The molecule has 1 fully saturated rings. The average molecular weight is 421 g/mol. The molecule has 30 heavy (non-hydrogen) atoms. The first kappa shape index (κ1) is 20.0. The third-order valence-electron chi connectivity index (χ3n) is 5.14. The van der Waals surface area contributed by atoms with Gasteiger partial charge in [0.15, 0.2) is 0 Å². The Hall–Kier alpha value is -3.30. The molecule has 0 saturated carbocycles. The predicted octanol–water partition coefficient (Wildman–Crippen LogP) is 3.32. The molecule has 0 N–H and O–H groups in total. The van der Waals surface area contributed by atoms with Crippen molar-refractivity contribution in [3.05, 3.63) is 48.3 Å². The zero-order valence-corrected chi connectivity index (χ0v) is 16.0. The molecule has 0 radical (unpaired) electrons. The second-order valence-corrected chi connectivity index (χ2v) is 7.06. The molecule has 10 heteroatoms. The fraction of sp³-hybridized carbons (Fsp3) is 0.350. The number of hydrogen-bond acceptors (Lipinski definition) is 5. The number of aromatic nitrogens is 2. The number of amides is 1. The summed E-state index contributed by atoms with van der Waals surface area (Å²) in [4.78, 5) is 30.0. The SMILES string of the molecule is COC(=O)C1CCCN1C(=O)Cc1cn2cc(-c3ccoc3)cc(C(F)(F)F)c2n1. The van der Waals surface area contributed by atoms with Crippen molar-refractivity contribution in [1.82, 2.24) is 14.3 Å². The Kier molecular flexibility index (Phi) is 5.00. The monoisotopic (exact) mass is 421 g/mol. The van der Waals surface area contributed by atoms with Crippen molar-refractivity contribution in [2.75, 3.05) is 13.7 Å². The largest absolute Gasteiger partial charge is 0.472 e. The van der Waals surface area contributed by atoms with Gasteiger partial charge in [-0.1, -0.05) is 0 Å². The molecule has 0 aromatic carbocycles. The highest BCUT2D eigenvalue weighted by Crippen LogP contribution is 2.35. The van der Waals surface area contributed by atoms with Gasteiger partial charge in [0.05, 0.1) is 37.3 Å². The van der Waals surface area contributed by atoms with E-state index in [-0.39, 0.29) is 23.7 Å². The van der Waals surface area contributed by atoms with Gasteiger partial charge in [0.2, 0.25) is 5.91 Å². The van der Waals surface area contributed by atoms with E-state index in [0.29, 0.717) is 30.5 Å². The van der Waals surface area contributed by atoms with Crippen molar-refractivity contribution >= 4 is 17.5 Å². The lowest BCUT2D eigenvalue weighted by Crippen LogP contribution is -2.41. The van der Waals surface area contributed by atoms with E-state index in [2.05, 4.69) is 4.98 Å². The summed E-state index contributed by atoms with van der Waals surface area (Å²) in [7, 11) is 1.25. The summed E-state index contributed by atoms with van der Waals surface area (Å²) >= 11 is 0. The number of rotatable bonds is 4. The molecule has 0 aliphatic carbocycles. The highest BCUT2D eigenvalue weighted by molar-refractivity contribution is 5.86. The molecule has 0 bridgehead atoms. The fourth-order valence-corrected chi connectivity index (χ4v) is 3.73. The molecule has 3 aromatic heterocycles. The maximum atomic E-state index is 13.6. The van der Waals surface area contributed by atoms with Gasteiger partial charge in [-0.25, -0.2) is 9.78 Å². The number of methoxy groups -OCH3 is 1. The van der Waals surface area contributed by atoms with Crippen LogP contribution in [0.2, 0.25) is 0 Å². The zero-order chi connectivity index (χ0) is 21.5. The summed E-state index contributed by atoms with van der Waals surface area (Å²) in [6, 6.07) is 1.90. The van der Waals surface area contributed by atoms with E-state index in [1.165, 1.54) is 41.3 Å². The number of ether oxygens (including phenoxy) is 1. The van der Waals surface area contributed by atoms with Crippen LogP contribution in [0.5, 0.6) is 0 Å². The lowest BCUT2D eigenvalue weighted by atomic mass is 10.1. The van der Waals surface area contributed by atoms with Gasteiger partial charge in [-0.05, 0) is 25.0 Å². The number of alkyl halides is 3. The second kappa shape index (κ2) is 7.51. The molecule has 3 aromatic rings. The van der Waals surface area contributed by atoms with Crippen molar-refractivity contribution in [3.63, 3.8) is 0 Å². The van der Waals surface area contributed by atoms with Crippen molar-refractivity contribution in [2.24, 2.45) is 0 Å². The molecule has 4 heterocycles. The Balaban J connectivity index is 1.67. The molecular formula is C20H18F3N3O4. The molecule has 1 saturated heterocycles. The van der Waals surface area contributed by atoms with E-state index in [1.54, 1.807) is 6.07 Å². The third-order valence-corrected chi connectivity index (χ3v) is 5.14. The predicted molar refractivity (Wildman–Crippen MR) is 98.4 cm³/mol. The average Bonchev–Trinajstić information content (AvgIpc) is 3.44. The summed E-state index contributed by atoms with van der Waals surface area (Å²) in [5, 5.41) is 0. The Morgan fingerprint density at radius 2 is 2.10 bits per heavy atom. The van der Waals surface area contributed by atoms with E-state index in [9.17, 15) is 22.8 Å². The van der Waals surface area contributed by atoms with Gasteiger partial charge in [-0.2, -0.15) is 13.2 Å². The van der Waals surface area contributed by atoms with Gasteiger partial charge < -0.3 is 18.5 Å². The number of imidazole rings is 1. The number of fused-ring (bicyclic) bond motifs is 1. The van der Waals surface area contributed by atoms with Gasteiger partial charge in [-0.3, -0.25) is 4.79 Å². The Labute approximate surface area is 169 Å². The topological polar surface area (TPSA) is 77.0 Å². The minimum atomic E-state index is -4.63. The van der Waals surface area contributed by atoms with Gasteiger partial charge in [0, 0.05) is 30.1 Å². The van der Waals surface area contributed by atoms with Crippen LogP contribution >= 0.6 is 0 Å². The van der Waals surface area contributed by atoms with Crippen LogP contribution in [-0.4, -0.2) is 45.9 Å². The molecule has 1 atom stereocenters. The number of hydrogen-bond donors (Lipinski definition) is 0. The number of pyridine rings is 1. The molecule has 4 rings (SSSR count). The van der Waals surface area contributed by atoms with Crippen molar-refractivity contribution in [3.8, 4) is 11.1 Å². The molecule has 1 unspecified atom stereocenters. The van der Waals surface area contributed by atoms with Gasteiger partial charge >= 0.3 is 12.1 Å². The first-order chi connectivity index (χ1) is 14.3. The van der Waals surface area contributed by atoms with Crippen LogP contribution in [0.15, 0.2) is 41.5 Å². The van der Waals surface area contributed by atoms with E-state index in [0.717, 1.165) is 6.07 Å². The van der Waals surface area contributed by atoms with Crippen LogP contribution in [0.4, 0.5) is 13.2 Å². The summed E-state index contributed by atoms with van der Waals surface area (Å²) in [6.45, 7) is 0.393. The van der Waals surface area contributed by atoms with Crippen molar-refractivity contribution < 1.29 is 31.9 Å². The summed E-state index contributed by atoms with van der Waals surface area (Å²) in [5.74, 6) is -0.880. The summed E-state index contributed by atoms with van der Waals surface area (Å²) < 4.78 is 51.9. The number of halogens is 3. The van der Waals surface area contributed by atoms with Crippen LogP contribution in [0.3, 0.4) is 0 Å². The van der Waals surface area contributed by atoms with Crippen molar-refractivity contribution in [1.29, 1.82) is 0 Å². The third kappa shape index (κ3) is 3.64. The number of carbonyl (C=O) groups is 2.